The Morgan fingerprint density at radius 1 is 1.10 bits per heavy atom. The molecule has 1 saturated heterocycles. The van der Waals surface area contributed by atoms with Crippen LogP contribution in [0.4, 0.5) is 0 Å². The first-order valence-corrected chi connectivity index (χ1v) is 10.6. The third kappa shape index (κ3) is 4.69. The molecule has 154 valence electrons. The van der Waals surface area contributed by atoms with E-state index in [1.165, 1.54) is 5.56 Å². The molecule has 1 aliphatic rings. The molecule has 2 aromatic carbocycles. The lowest BCUT2D eigenvalue weighted by Crippen LogP contribution is -2.54. The molecule has 2 aromatic rings. The molecule has 29 heavy (non-hydrogen) atoms. The number of benzene rings is 2. The predicted octanol–water partition coefficient (Wildman–Crippen LogP) is 4.36. The molecule has 4 heteroatoms. The van der Waals surface area contributed by atoms with Crippen molar-refractivity contribution in [2.75, 3.05) is 20.1 Å². The van der Waals surface area contributed by atoms with Crippen LogP contribution in [-0.4, -0.2) is 36.9 Å². The van der Waals surface area contributed by atoms with Gasteiger partial charge in [-0.2, -0.15) is 0 Å². The second kappa shape index (κ2) is 9.25. The summed E-state index contributed by atoms with van der Waals surface area (Å²) in [6.07, 6.45) is 3.66. The summed E-state index contributed by atoms with van der Waals surface area (Å²) in [5, 5.41) is 2.88. The molecule has 1 fully saturated rings. The number of hydrogen-bond acceptors (Lipinski definition) is 2. The second-order valence-electron chi connectivity index (χ2n) is 8.23. The Kier molecular flexibility index (Phi) is 6.73. The number of piperidine rings is 1. The molecule has 1 heterocycles. The molecule has 0 aliphatic carbocycles. The van der Waals surface area contributed by atoms with Gasteiger partial charge in [0.1, 0.15) is 0 Å². The van der Waals surface area contributed by atoms with Crippen molar-refractivity contribution >= 4 is 11.8 Å². The number of aryl methyl sites for hydroxylation is 1. The van der Waals surface area contributed by atoms with E-state index >= 15 is 0 Å². The van der Waals surface area contributed by atoms with Gasteiger partial charge in [-0.15, -0.1) is 0 Å². The number of nitrogens with one attached hydrogen (secondary N) is 1. The Balaban J connectivity index is 1.95. The smallest absolute Gasteiger partial charge is 0.228 e. The van der Waals surface area contributed by atoms with Crippen LogP contribution in [0.2, 0.25) is 0 Å². The maximum atomic E-state index is 13.1. The van der Waals surface area contributed by atoms with E-state index in [0.29, 0.717) is 19.4 Å². The van der Waals surface area contributed by atoms with E-state index in [0.717, 1.165) is 42.5 Å². The lowest BCUT2D eigenvalue weighted by Gasteiger charge is -2.42. The van der Waals surface area contributed by atoms with Gasteiger partial charge in [0.25, 0.3) is 0 Å². The summed E-state index contributed by atoms with van der Waals surface area (Å²) in [5.74, 6) is 0.192. The Hall–Kier alpha value is -2.62. The van der Waals surface area contributed by atoms with Gasteiger partial charge in [-0.25, -0.2) is 0 Å². The minimum Gasteiger partial charge on any atom is -0.359 e. The van der Waals surface area contributed by atoms with Crippen LogP contribution in [0.25, 0.3) is 11.1 Å². The lowest BCUT2D eigenvalue weighted by molar-refractivity contribution is -0.141. The standard InChI is InChI=1S/C25H32N2O2/c1-4-8-23(28)27-16-7-15-25(18-27,24(29)26-3)17-21-9-5-6-10-22(21)20-13-11-19(2)12-14-20/h5-6,9-14H,4,7-8,15-18H2,1-3H3,(H,26,29)/t25-/m0/s1. The van der Waals surface area contributed by atoms with Crippen molar-refractivity contribution in [2.24, 2.45) is 5.41 Å². The van der Waals surface area contributed by atoms with Gasteiger partial charge in [-0.1, -0.05) is 61.0 Å². The minimum atomic E-state index is -0.586. The van der Waals surface area contributed by atoms with Gasteiger partial charge in [0.15, 0.2) is 0 Å². The van der Waals surface area contributed by atoms with Gasteiger partial charge in [0, 0.05) is 26.6 Å². The topological polar surface area (TPSA) is 49.4 Å². The SMILES string of the molecule is CCCC(=O)N1CCC[C@@](Cc2ccccc2-c2ccc(C)cc2)(C(=O)NC)C1. The maximum Gasteiger partial charge on any atom is 0.228 e. The zero-order valence-electron chi connectivity index (χ0n) is 17.8. The van der Waals surface area contributed by atoms with Gasteiger partial charge in [-0.05, 0) is 49.3 Å². The summed E-state index contributed by atoms with van der Waals surface area (Å²) in [6.45, 7) is 5.34. The normalized spacial score (nSPS) is 19.1. The van der Waals surface area contributed by atoms with Crippen molar-refractivity contribution in [2.45, 2.75) is 46.0 Å². The number of likely N-dealkylation sites (tertiary alicyclic amines) is 1. The van der Waals surface area contributed by atoms with Gasteiger partial charge in [0.05, 0.1) is 5.41 Å². The Morgan fingerprint density at radius 3 is 2.52 bits per heavy atom. The molecule has 4 nitrogen and oxygen atoms in total. The molecule has 2 amide bonds. The maximum absolute atomic E-state index is 13.1. The minimum absolute atomic E-state index is 0.0326. The first kappa shape index (κ1) is 21.1. The van der Waals surface area contributed by atoms with E-state index in [-0.39, 0.29) is 11.8 Å². The van der Waals surface area contributed by atoms with Crippen LogP contribution in [0.1, 0.15) is 43.7 Å². The molecule has 3 rings (SSSR count). The summed E-state index contributed by atoms with van der Waals surface area (Å²) < 4.78 is 0. The van der Waals surface area contributed by atoms with Crippen LogP contribution in [0.5, 0.6) is 0 Å². The summed E-state index contributed by atoms with van der Waals surface area (Å²) in [5.41, 5.74) is 4.12. The molecule has 0 spiro atoms. The summed E-state index contributed by atoms with van der Waals surface area (Å²) >= 11 is 0. The molecular formula is C25H32N2O2. The Labute approximate surface area is 174 Å². The quantitative estimate of drug-likeness (QED) is 0.794. The molecule has 1 N–H and O–H groups in total. The van der Waals surface area contributed by atoms with Gasteiger partial charge in [0.2, 0.25) is 11.8 Å². The highest BCUT2D eigenvalue weighted by Crippen LogP contribution is 2.37. The monoisotopic (exact) mass is 392 g/mol. The van der Waals surface area contributed by atoms with Gasteiger partial charge in [-0.3, -0.25) is 9.59 Å². The molecular weight excluding hydrogens is 360 g/mol. The van der Waals surface area contributed by atoms with Crippen molar-refractivity contribution in [1.29, 1.82) is 0 Å². The van der Waals surface area contributed by atoms with Crippen molar-refractivity contribution in [3.63, 3.8) is 0 Å². The fourth-order valence-corrected chi connectivity index (χ4v) is 4.45. The molecule has 0 aromatic heterocycles. The molecule has 0 unspecified atom stereocenters. The number of rotatable bonds is 6. The predicted molar refractivity (Wildman–Crippen MR) is 118 cm³/mol. The van der Waals surface area contributed by atoms with E-state index in [9.17, 15) is 9.59 Å². The average Bonchev–Trinajstić information content (AvgIpc) is 2.74. The highest BCUT2D eigenvalue weighted by Gasteiger charge is 2.43. The van der Waals surface area contributed by atoms with E-state index in [1.54, 1.807) is 7.05 Å². The largest absolute Gasteiger partial charge is 0.359 e. The van der Waals surface area contributed by atoms with Gasteiger partial charge < -0.3 is 10.2 Å². The fourth-order valence-electron chi connectivity index (χ4n) is 4.45. The van der Waals surface area contributed by atoms with Crippen molar-refractivity contribution in [1.82, 2.24) is 10.2 Å². The Bertz CT molecular complexity index is 859. The number of nitrogens with zero attached hydrogens (tertiary/aromatic N) is 1. The number of carbonyl (C=O) groups is 2. The molecule has 0 saturated carbocycles. The van der Waals surface area contributed by atoms with Crippen molar-refractivity contribution in [3.05, 3.63) is 59.7 Å². The zero-order valence-corrected chi connectivity index (χ0v) is 17.8. The number of carbonyl (C=O) groups excluding carboxylic acids is 2. The lowest BCUT2D eigenvalue weighted by atomic mass is 9.73. The zero-order chi connectivity index (χ0) is 20.9. The first-order chi connectivity index (χ1) is 14.0. The van der Waals surface area contributed by atoms with Crippen LogP contribution in [0.15, 0.2) is 48.5 Å². The number of hydrogen-bond donors (Lipinski definition) is 1. The number of amides is 2. The van der Waals surface area contributed by atoms with E-state index in [1.807, 2.05) is 24.0 Å². The van der Waals surface area contributed by atoms with E-state index in [2.05, 4.69) is 48.6 Å². The van der Waals surface area contributed by atoms with E-state index in [4.69, 9.17) is 0 Å². The molecule has 0 bridgehead atoms. The Morgan fingerprint density at radius 2 is 1.83 bits per heavy atom. The average molecular weight is 393 g/mol. The van der Waals surface area contributed by atoms with Crippen LogP contribution in [0, 0.1) is 12.3 Å². The second-order valence-corrected chi connectivity index (χ2v) is 8.23. The fraction of sp³-hybridized carbons (Fsp3) is 0.440. The molecule has 0 radical (unpaired) electrons. The summed E-state index contributed by atoms with van der Waals surface area (Å²) in [7, 11) is 1.70. The third-order valence-electron chi connectivity index (χ3n) is 6.01. The van der Waals surface area contributed by atoms with Crippen LogP contribution >= 0.6 is 0 Å². The molecule has 1 aliphatic heterocycles. The van der Waals surface area contributed by atoms with Crippen LogP contribution in [0.3, 0.4) is 0 Å². The van der Waals surface area contributed by atoms with Crippen LogP contribution in [-0.2, 0) is 16.0 Å². The van der Waals surface area contributed by atoms with E-state index < -0.39 is 5.41 Å². The molecule has 1 atom stereocenters. The first-order valence-electron chi connectivity index (χ1n) is 10.6. The van der Waals surface area contributed by atoms with Crippen LogP contribution < -0.4 is 5.32 Å². The highest BCUT2D eigenvalue weighted by atomic mass is 16.2. The third-order valence-corrected chi connectivity index (χ3v) is 6.01. The van der Waals surface area contributed by atoms with Gasteiger partial charge >= 0.3 is 0 Å². The van der Waals surface area contributed by atoms with Crippen molar-refractivity contribution in [3.8, 4) is 11.1 Å². The summed E-state index contributed by atoms with van der Waals surface area (Å²) in [6, 6.07) is 16.8. The highest BCUT2D eigenvalue weighted by molar-refractivity contribution is 5.85. The summed E-state index contributed by atoms with van der Waals surface area (Å²) in [4.78, 5) is 27.5. The van der Waals surface area contributed by atoms with Crippen molar-refractivity contribution < 1.29 is 9.59 Å².